The van der Waals surface area contributed by atoms with Crippen molar-refractivity contribution in [1.82, 2.24) is 10.3 Å². The highest BCUT2D eigenvalue weighted by molar-refractivity contribution is 7.16. The summed E-state index contributed by atoms with van der Waals surface area (Å²) in [5.74, 6) is 0. The minimum Gasteiger partial charge on any atom is -0.449 e. The molecule has 3 N–H and O–H groups in total. The van der Waals surface area contributed by atoms with E-state index in [1.807, 2.05) is 29.6 Å². The molecule has 0 saturated heterocycles. The standard InChI is InChI=1S/C17H21ClN4O3S/c1-3-22(4-2)16-20-14(11-5-7-12(18)8-6-11)13(26-16)9-10-25-17(24)21-15(19)23/h5-8H,3-4,9-10H2,1-2H3,(H3,19,21,23,24). The molecule has 0 bridgehead atoms. The number of alkyl carbamates (subject to hydrolysis) is 1. The normalized spacial score (nSPS) is 10.4. The molecular weight excluding hydrogens is 376 g/mol. The van der Waals surface area contributed by atoms with Gasteiger partial charge in [-0.25, -0.2) is 19.9 Å². The van der Waals surface area contributed by atoms with Gasteiger partial charge in [-0.3, -0.25) is 0 Å². The van der Waals surface area contributed by atoms with Crippen molar-refractivity contribution in [3.8, 4) is 11.3 Å². The number of anilines is 1. The quantitative estimate of drug-likeness (QED) is 0.744. The summed E-state index contributed by atoms with van der Waals surface area (Å²) < 4.78 is 4.98. The van der Waals surface area contributed by atoms with Gasteiger partial charge in [0.25, 0.3) is 0 Å². The first-order valence-electron chi connectivity index (χ1n) is 8.18. The summed E-state index contributed by atoms with van der Waals surface area (Å²) >= 11 is 7.53. The lowest BCUT2D eigenvalue weighted by atomic mass is 10.1. The van der Waals surface area contributed by atoms with Gasteiger partial charge >= 0.3 is 12.1 Å². The second-order valence-corrected chi connectivity index (χ2v) is 6.82. The zero-order valence-electron chi connectivity index (χ0n) is 14.6. The van der Waals surface area contributed by atoms with E-state index < -0.39 is 12.1 Å². The molecule has 1 aromatic heterocycles. The van der Waals surface area contributed by atoms with E-state index in [9.17, 15) is 9.59 Å². The van der Waals surface area contributed by atoms with Gasteiger partial charge < -0.3 is 15.4 Å². The van der Waals surface area contributed by atoms with Crippen LogP contribution in [0.3, 0.4) is 0 Å². The Morgan fingerprint density at radius 3 is 2.50 bits per heavy atom. The van der Waals surface area contributed by atoms with Crippen LogP contribution in [0.1, 0.15) is 18.7 Å². The summed E-state index contributed by atoms with van der Waals surface area (Å²) in [6.07, 6.45) is -0.387. The number of hydrogen-bond acceptors (Lipinski definition) is 6. The molecule has 9 heteroatoms. The van der Waals surface area contributed by atoms with E-state index in [4.69, 9.17) is 27.1 Å². The summed E-state index contributed by atoms with van der Waals surface area (Å²) in [6, 6.07) is 6.50. The van der Waals surface area contributed by atoms with Crippen molar-refractivity contribution in [2.75, 3.05) is 24.6 Å². The first-order valence-corrected chi connectivity index (χ1v) is 9.37. The minimum absolute atomic E-state index is 0.111. The summed E-state index contributed by atoms with van der Waals surface area (Å²) in [7, 11) is 0. The van der Waals surface area contributed by atoms with Gasteiger partial charge in [-0.15, -0.1) is 11.3 Å². The number of nitrogens with one attached hydrogen (secondary N) is 1. The molecule has 7 nitrogen and oxygen atoms in total. The molecular formula is C17H21ClN4O3S. The molecule has 0 aliphatic heterocycles. The molecule has 0 aliphatic rings. The van der Waals surface area contributed by atoms with Crippen LogP contribution in [0.5, 0.6) is 0 Å². The predicted molar refractivity (Wildman–Crippen MR) is 104 cm³/mol. The van der Waals surface area contributed by atoms with Gasteiger partial charge in [0.2, 0.25) is 0 Å². The van der Waals surface area contributed by atoms with Crippen molar-refractivity contribution in [2.24, 2.45) is 5.73 Å². The Bertz CT molecular complexity index is 760. The third-order valence-corrected chi connectivity index (χ3v) is 5.05. The predicted octanol–water partition coefficient (Wildman–Crippen LogP) is 3.66. The van der Waals surface area contributed by atoms with E-state index in [-0.39, 0.29) is 6.61 Å². The summed E-state index contributed by atoms with van der Waals surface area (Å²) in [5.41, 5.74) is 6.67. The molecule has 140 valence electrons. The zero-order chi connectivity index (χ0) is 19.1. The number of nitrogens with zero attached hydrogens (tertiary/aromatic N) is 2. The van der Waals surface area contributed by atoms with Crippen LogP contribution in [-0.2, 0) is 11.2 Å². The molecule has 3 amide bonds. The smallest absolute Gasteiger partial charge is 0.415 e. The van der Waals surface area contributed by atoms with Crippen LogP contribution in [0.4, 0.5) is 14.7 Å². The maximum Gasteiger partial charge on any atom is 0.415 e. The minimum atomic E-state index is -0.946. The fourth-order valence-corrected chi connectivity index (χ4v) is 3.66. The maximum atomic E-state index is 11.4. The summed E-state index contributed by atoms with van der Waals surface area (Å²) in [5, 5.41) is 3.43. The number of primary amides is 1. The second kappa shape index (κ2) is 9.40. The number of urea groups is 1. The van der Waals surface area contributed by atoms with Crippen LogP contribution in [0, 0.1) is 0 Å². The molecule has 0 unspecified atom stereocenters. The van der Waals surface area contributed by atoms with Gasteiger partial charge in [0.05, 0.1) is 12.3 Å². The van der Waals surface area contributed by atoms with Gasteiger partial charge in [0, 0.05) is 35.0 Å². The Labute approximate surface area is 161 Å². The van der Waals surface area contributed by atoms with E-state index in [1.165, 1.54) is 0 Å². The highest BCUT2D eigenvalue weighted by Crippen LogP contribution is 2.34. The fourth-order valence-electron chi connectivity index (χ4n) is 2.34. The fraction of sp³-hybridized carbons (Fsp3) is 0.353. The van der Waals surface area contributed by atoms with Crippen LogP contribution in [0.15, 0.2) is 24.3 Å². The van der Waals surface area contributed by atoms with Crippen LogP contribution >= 0.6 is 22.9 Å². The van der Waals surface area contributed by atoms with E-state index >= 15 is 0 Å². The van der Waals surface area contributed by atoms with Gasteiger partial charge in [-0.05, 0) is 26.0 Å². The number of carbonyl (C=O) groups excluding carboxylic acids is 2. The number of nitrogens with two attached hydrogens (primary N) is 1. The highest BCUT2D eigenvalue weighted by Gasteiger charge is 2.17. The Morgan fingerprint density at radius 2 is 1.92 bits per heavy atom. The lowest BCUT2D eigenvalue weighted by molar-refractivity contribution is 0.149. The number of hydrogen-bond donors (Lipinski definition) is 2. The van der Waals surface area contributed by atoms with Crippen molar-refractivity contribution < 1.29 is 14.3 Å². The molecule has 26 heavy (non-hydrogen) atoms. The number of halogens is 1. The van der Waals surface area contributed by atoms with E-state index in [0.29, 0.717) is 11.4 Å². The van der Waals surface area contributed by atoms with Gasteiger partial charge in [-0.2, -0.15) is 0 Å². The molecule has 0 spiro atoms. The molecule has 2 aromatic rings. The van der Waals surface area contributed by atoms with Crippen LogP contribution in [0.2, 0.25) is 5.02 Å². The summed E-state index contributed by atoms with van der Waals surface area (Å²) in [4.78, 5) is 29.9. The number of rotatable bonds is 7. The maximum absolute atomic E-state index is 11.4. The number of benzene rings is 1. The molecule has 1 heterocycles. The molecule has 0 atom stereocenters. The number of ether oxygens (including phenoxy) is 1. The number of amides is 3. The molecule has 0 radical (unpaired) electrons. The largest absolute Gasteiger partial charge is 0.449 e. The van der Waals surface area contributed by atoms with Crippen molar-refractivity contribution in [1.29, 1.82) is 0 Å². The van der Waals surface area contributed by atoms with Crippen LogP contribution in [-0.4, -0.2) is 36.8 Å². The first kappa shape index (κ1) is 20.0. The lowest BCUT2D eigenvalue weighted by Gasteiger charge is -2.16. The van der Waals surface area contributed by atoms with E-state index in [0.717, 1.165) is 34.4 Å². The Balaban J connectivity index is 2.20. The average molecular weight is 397 g/mol. The SMILES string of the molecule is CCN(CC)c1nc(-c2ccc(Cl)cc2)c(CCOC(=O)NC(N)=O)s1. The highest BCUT2D eigenvalue weighted by atomic mass is 35.5. The lowest BCUT2D eigenvalue weighted by Crippen LogP contribution is -2.35. The first-order chi connectivity index (χ1) is 12.4. The van der Waals surface area contributed by atoms with Gasteiger partial charge in [0.15, 0.2) is 5.13 Å². The van der Waals surface area contributed by atoms with Crippen LogP contribution < -0.4 is 16.0 Å². The second-order valence-electron chi connectivity index (χ2n) is 5.32. The van der Waals surface area contributed by atoms with Crippen molar-refractivity contribution in [2.45, 2.75) is 20.3 Å². The third kappa shape index (κ3) is 5.34. The number of thiazole rings is 1. The van der Waals surface area contributed by atoms with Crippen LogP contribution in [0.25, 0.3) is 11.3 Å². The van der Waals surface area contributed by atoms with E-state index in [1.54, 1.807) is 11.3 Å². The van der Waals surface area contributed by atoms with Crippen molar-refractivity contribution in [3.63, 3.8) is 0 Å². The molecule has 0 saturated carbocycles. The van der Waals surface area contributed by atoms with Crippen molar-refractivity contribution >= 4 is 40.2 Å². The summed E-state index contributed by atoms with van der Waals surface area (Å²) in [6.45, 7) is 5.95. The Morgan fingerprint density at radius 1 is 1.27 bits per heavy atom. The monoisotopic (exact) mass is 396 g/mol. The number of aromatic nitrogens is 1. The van der Waals surface area contributed by atoms with Gasteiger partial charge in [-0.1, -0.05) is 23.7 Å². The third-order valence-electron chi connectivity index (χ3n) is 3.63. The van der Waals surface area contributed by atoms with E-state index in [2.05, 4.69) is 18.7 Å². The van der Waals surface area contributed by atoms with Gasteiger partial charge in [0.1, 0.15) is 0 Å². The zero-order valence-corrected chi connectivity index (χ0v) is 16.2. The molecule has 1 aromatic carbocycles. The molecule has 2 rings (SSSR count). The number of imide groups is 1. The Kier molecular flexibility index (Phi) is 7.23. The van der Waals surface area contributed by atoms with Crippen molar-refractivity contribution in [3.05, 3.63) is 34.2 Å². The average Bonchev–Trinajstić information content (AvgIpc) is 3.00. The topological polar surface area (TPSA) is 97.6 Å². The molecule has 0 aliphatic carbocycles. The Hall–Kier alpha value is -2.32. The number of carbonyl (C=O) groups is 2. The molecule has 0 fully saturated rings.